The van der Waals surface area contributed by atoms with Gasteiger partial charge in [-0.15, -0.1) is 0 Å². The molecule has 120 valence electrons. The van der Waals surface area contributed by atoms with Crippen LogP contribution >= 0.6 is 0 Å². The lowest BCUT2D eigenvalue weighted by molar-refractivity contribution is 0.00692. The van der Waals surface area contributed by atoms with Crippen molar-refractivity contribution in [2.45, 2.75) is 26.4 Å². The molecule has 5 heteroatoms. The molecule has 0 saturated carbocycles. The van der Waals surface area contributed by atoms with Gasteiger partial charge in [-0.2, -0.15) is 0 Å². The molecule has 0 atom stereocenters. The van der Waals surface area contributed by atoms with Crippen LogP contribution in [-0.2, 0) is 9.47 Å². The molecule has 0 saturated heterocycles. The van der Waals surface area contributed by atoms with Gasteiger partial charge >= 0.3 is 11.9 Å². The number of benzene rings is 1. The molecule has 1 aromatic carbocycles. The third-order valence-electron chi connectivity index (χ3n) is 3.00. The highest BCUT2D eigenvalue weighted by atomic mass is 16.6. The van der Waals surface area contributed by atoms with E-state index < -0.39 is 17.5 Å². The molecular weight excluding hydrogens is 294 g/mol. The summed E-state index contributed by atoms with van der Waals surface area (Å²) in [4.78, 5) is 27.8. The number of methoxy groups -OCH3 is 1. The molecule has 0 unspecified atom stereocenters. The summed E-state index contributed by atoms with van der Waals surface area (Å²) in [5.41, 5.74) is 1.76. The van der Waals surface area contributed by atoms with Gasteiger partial charge < -0.3 is 9.47 Å². The Morgan fingerprint density at radius 1 is 0.957 bits per heavy atom. The van der Waals surface area contributed by atoms with Crippen LogP contribution in [0, 0.1) is 0 Å². The number of ether oxygens (including phenoxy) is 2. The van der Waals surface area contributed by atoms with Gasteiger partial charge in [0.25, 0.3) is 0 Å². The van der Waals surface area contributed by atoms with Gasteiger partial charge in [0.15, 0.2) is 0 Å². The number of pyridine rings is 1. The van der Waals surface area contributed by atoms with Crippen molar-refractivity contribution >= 4 is 11.9 Å². The third kappa shape index (κ3) is 4.39. The minimum Gasteiger partial charge on any atom is -0.465 e. The Hall–Kier alpha value is -2.69. The molecule has 0 spiro atoms. The average molecular weight is 313 g/mol. The molecule has 0 fully saturated rings. The Bertz CT molecular complexity index is 715. The topological polar surface area (TPSA) is 65.5 Å². The van der Waals surface area contributed by atoms with Crippen LogP contribution in [0.3, 0.4) is 0 Å². The van der Waals surface area contributed by atoms with E-state index in [4.69, 9.17) is 4.74 Å². The van der Waals surface area contributed by atoms with Crippen LogP contribution in [0.25, 0.3) is 11.3 Å². The summed E-state index contributed by atoms with van der Waals surface area (Å²) >= 11 is 0. The predicted octanol–water partition coefficient (Wildman–Crippen LogP) is 3.49. The van der Waals surface area contributed by atoms with Crippen LogP contribution in [0.4, 0.5) is 0 Å². The fourth-order valence-corrected chi connectivity index (χ4v) is 1.95. The summed E-state index contributed by atoms with van der Waals surface area (Å²) in [6.45, 7) is 5.45. The largest absolute Gasteiger partial charge is 0.465 e. The Balaban J connectivity index is 2.26. The molecule has 0 N–H and O–H groups in total. The Labute approximate surface area is 135 Å². The molecule has 2 aromatic rings. The zero-order valence-corrected chi connectivity index (χ0v) is 13.6. The van der Waals surface area contributed by atoms with Crippen molar-refractivity contribution in [3.8, 4) is 11.3 Å². The SMILES string of the molecule is COC(=O)c1ccc(-c2cc(C(=O)OC(C)(C)C)ccn2)cc1. The minimum atomic E-state index is -0.553. The fraction of sp³-hybridized carbons (Fsp3) is 0.278. The van der Waals surface area contributed by atoms with Crippen LogP contribution in [0.15, 0.2) is 42.6 Å². The maximum Gasteiger partial charge on any atom is 0.338 e. The van der Waals surface area contributed by atoms with E-state index in [1.165, 1.54) is 7.11 Å². The standard InChI is InChI=1S/C18H19NO4/c1-18(2,3)23-17(21)14-9-10-19-15(11-14)12-5-7-13(8-6-12)16(20)22-4/h5-11H,1-4H3. The molecule has 0 aliphatic heterocycles. The highest BCUT2D eigenvalue weighted by molar-refractivity contribution is 5.91. The van der Waals surface area contributed by atoms with Crippen molar-refractivity contribution in [2.24, 2.45) is 0 Å². The highest BCUT2D eigenvalue weighted by Crippen LogP contribution is 2.20. The first-order valence-corrected chi connectivity index (χ1v) is 7.18. The second-order valence-electron chi connectivity index (χ2n) is 6.00. The number of rotatable bonds is 3. The maximum absolute atomic E-state index is 12.1. The molecule has 0 aliphatic carbocycles. The summed E-state index contributed by atoms with van der Waals surface area (Å²) in [5.74, 6) is -0.792. The molecule has 0 bridgehead atoms. The number of nitrogens with zero attached hydrogens (tertiary/aromatic N) is 1. The lowest BCUT2D eigenvalue weighted by Crippen LogP contribution is -2.23. The number of hydrogen-bond acceptors (Lipinski definition) is 5. The maximum atomic E-state index is 12.1. The van der Waals surface area contributed by atoms with Crippen molar-refractivity contribution in [3.63, 3.8) is 0 Å². The van der Waals surface area contributed by atoms with Crippen LogP contribution in [0.1, 0.15) is 41.5 Å². The minimum absolute atomic E-state index is 0.396. The fourth-order valence-electron chi connectivity index (χ4n) is 1.95. The molecule has 0 amide bonds. The van der Waals surface area contributed by atoms with Gasteiger partial charge in [0.1, 0.15) is 5.60 Å². The van der Waals surface area contributed by atoms with Gasteiger partial charge in [-0.25, -0.2) is 9.59 Å². The van der Waals surface area contributed by atoms with Gasteiger partial charge in [0.2, 0.25) is 0 Å². The van der Waals surface area contributed by atoms with Crippen molar-refractivity contribution in [1.82, 2.24) is 4.98 Å². The first kappa shape index (κ1) is 16.7. The lowest BCUT2D eigenvalue weighted by Gasteiger charge is -2.19. The molecule has 0 radical (unpaired) electrons. The highest BCUT2D eigenvalue weighted by Gasteiger charge is 2.18. The van der Waals surface area contributed by atoms with Gasteiger partial charge in [-0.1, -0.05) is 12.1 Å². The van der Waals surface area contributed by atoms with Crippen LogP contribution in [0.5, 0.6) is 0 Å². The van der Waals surface area contributed by atoms with E-state index in [-0.39, 0.29) is 0 Å². The molecule has 0 aliphatic rings. The summed E-state index contributed by atoms with van der Waals surface area (Å²) in [6, 6.07) is 10.1. The predicted molar refractivity (Wildman–Crippen MR) is 86.2 cm³/mol. The molecule has 5 nitrogen and oxygen atoms in total. The van der Waals surface area contributed by atoms with Crippen molar-refractivity contribution in [3.05, 3.63) is 53.7 Å². The Morgan fingerprint density at radius 2 is 1.61 bits per heavy atom. The second kappa shape index (κ2) is 6.60. The van der Waals surface area contributed by atoms with Gasteiger partial charge in [0, 0.05) is 11.8 Å². The zero-order chi connectivity index (χ0) is 17.0. The molecule has 2 rings (SSSR count). The number of hydrogen-bond donors (Lipinski definition) is 0. The van der Waals surface area contributed by atoms with Crippen LogP contribution in [-0.4, -0.2) is 29.6 Å². The summed E-state index contributed by atoms with van der Waals surface area (Å²) in [5, 5.41) is 0. The smallest absolute Gasteiger partial charge is 0.338 e. The van der Waals surface area contributed by atoms with Gasteiger partial charge in [-0.05, 0) is 45.0 Å². The second-order valence-corrected chi connectivity index (χ2v) is 6.00. The first-order chi connectivity index (χ1) is 10.8. The number of carbonyl (C=O) groups is 2. The zero-order valence-electron chi connectivity index (χ0n) is 13.6. The van der Waals surface area contributed by atoms with Gasteiger partial charge in [-0.3, -0.25) is 4.98 Å². The number of esters is 2. The summed E-state index contributed by atoms with van der Waals surface area (Å²) < 4.78 is 10.0. The van der Waals surface area contributed by atoms with E-state index in [9.17, 15) is 9.59 Å². The normalized spacial score (nSPS) is 11.0. The Morgan fingerprint density at radius 3 is 2.17 bits per heavy atom. The van der Waals surface area contributed by atoms with Crippen LogP contribution in [0.2, 0.25) is 0 Å². The van der Waals surface area contributed by atoms with E-state index in [2.05, 4.69) is 9.72 Å². The number of aromatic nitrogens is 1. The summed E-state index contributed by atoms with van der Waals surface area (Å²) in [7, 11) is 1.34. The molecule has 23 heavy (non-hydrogen) atoms. The number of carbonyl (C=O) groups excluding carboxylic acids is 2. The molecule has 1 heterocycles. The Kier molecular flexibility index (Phi) is 4.79. The molecule has 1 aromatic heterocycles. The van der Waals surface area contributed by atoms with Gasteiger partial charge in [0.05, 0.1) is 23.9 Å². The van der Waals surface area contributed by atoms with Crippen LogP contribution < -0.4 is 0 Å². The molecular formula is C18H19NO4. The quantitative estimate of drug-likeness (QED) is 0.812. The van der Waals surface area contributed by atoms with E-state index in [1.807, 2.05) is 20.8 Å². The van der Waals surface area contributed by atoms with E-state index in [1.54, 1.807) is 42.6 Å². The van der Waals surface area contributed by atoms with Crippen molar-refractivity contribution in [1.29, 1.82) is 0 Å². The summed E-state index contributed by atoms with van der Waals surface area (Å²) in [6.07, 6.45) is 1.56. The third-order valence-corrected chi connectivity index (χ3v) is 3.00. The average Bonchev–Trinajstić information content (AvgIpc) is 2.53. The van der Waals surface area contributed by atoms with E-state index >= 15 is 0 Å². The first-order valence-electron chi connectivity index (χ1n) is 7.18. The van der Waals surface area contributed by atoms with Crippen molar-refractivity contribution < 1.29 is 19.1 Å². The monoisotopic (exact) mass is 313 g/mol. The van der Waals surface area contributed by atoms with Crippen molar-refractivity contribution in [2.75, 3.05) is 7.11 Å². The van der Waals surface area contributed by atoms with E-state index in [0.717, 1.165) is 5.56 Å². The van der Waals surface area contributed by atoms with E-state index in [0.29, 0.717) is 16.8 Å². The lowest BCUT2D eigenvalue weighted by atomic mass is 10.1.